The van der Waals surface area contributed by atoms with E-state index in [-0.39, 0.29) is 34.1 Å². The van der Waals surface area contributed by atoms with Crippen LogP contribution >= 0.6 is 0 Å². The highest BCUT2D eigenvalue weighted by Crippen LogP contribution is 2.44. The van der Waals surface area contributed by atoms with Crippen molar-refractivity contribution in [2.75, 3.05) is 20.3 Å². The van der Waals surface area contributed by atoms with Crippen LogP contribution in [0.3, 0.4) is 0 Å². The molecular formula is C28H29N5O5S. The van der Waals surface area contributed by atoms with Crippen LogP contribution in [0.5, 0.6) is 0 Å². The maximum absolute atomic E-state index is 13.3. The molecule has 1 aliphatic carbocycles. The fraction of sp³-hybridized carbons (Fsp3) is 0.321. The third kappa shape index (κ3) is 4.31. The molecule has 2 aliphatic rings. The second-order valence-electron chi connectivity index (χ2n) is 10.2. The van der Waals surface area contributed by atoms with Crippen molar-refractivity contribution in [3.8, 4) is 0 Å². The summed E-state index contributed by atoms with van der Waals surface area (Å²) in [6.07, 6.45) is 1.54. The third-order valence-electron chi connectivity index (χ3n) is 7.78. The zero-order valence-corrected chi connectivity index (χ0v) is 22.6. The van der Waals surface area contributed by atoms with Crippen molar-refractivity contribution in [2.45, 2.75) is 30.8 Å². The van der Waals surface area contributed by atoms with Gasteiger partial charge in [-0.2, -0.15) is 5.10 Å². The number of amides is 2. The van der Waals surface area contributed by atoms with E-state index in [0.717, 1.165) is 16.5 Å². The molecule has 4 atom stereocenters. The van der Waals surface area contributed by atoms with E-state index in [1.807, 2.05) is 26.0 Å². The molecule has 1 aliphatic heterocycles. The van der Waals surface area contributed by atoms with Gasteiger partial charge in [0.05, 0.1) is 29.7 Å². The van der Waals surface area contributed by atoms with Gasteiger partial charge in [-0.3, -0.25) is 14.3 Å². The van der Waals surface area contributed by atoms with Crippen LogP contribution in [-0.4, -0.2) is 60.3 Å². The van der Waals surface area contributed by atoms with E-state index in [1.165, 1.54) is 17.1 Å². The molecule has 10 nitrogen and oxygen atoms in total. The fourth-order valence-electron chi connectivity index (χ4n) is 5.35. The van der Waals surface area contributed by atoms with Crippen molar-refractivity contribution in [3.63, 3.8) is 0 Å². The molecule has 1 unspecified atom stereocenters. The molecule has 2 amide bonds. The Hall–Kier alpha value is -3.96. The van der Waals surface area contributed by atoms with Crippen LogP contribution in [0.15, 0.2) is 65.7 Å². The highest BCUT2D eigenvalue weighted by Gasteiger charge is 2.55. The lowest BCUT2D eigenvalue weighted by Gasteiger charge is -2.17. The molecule has 0 radical (unpaired) electrons. The second kappa shape index (κ2) is 9.35. The molecule has 2 aromatic heterocycles. The predicted octanol–water partition coefficient (Wildman–Crippen LogP) is 2.73. The molecule has 2 fully saturated rings. The Kier molecular flexibility index (Phi) is 6.07. The number of fused-ring (bicyclic) bond motifs is 2. The van der Waals surface area contributed by atoms with Crippen molar-refractivity contribution >= 4 is 32.7 Å². The summed E-state index contributed by atoms with van der Waals surface area (Å²) in [5.41, 5.74) is 2.76. The van der Waals surface area contributed by atoms with E-state index < -0.39 is 16.1 Å². The number of nitrogens with one attached hydrogen (secondary N) is 2. The van der Waals surface area contributed by atoms with Gasteiger partial charge in [0.25, 0.3) is 21.8 Å². The van der Waals surface area contributed by atoms with E-state index in [9.17, 15) is 18.0 Å². The average molecular weight is 548 g/mol. The number of carbonyl (C=O) groups is 2. The molecule has 2 aromatic carbocycles. The van der Waals surface area contributed by atoms with Crippen molar-refractivity contribution in [3.05, 3.63) is 83.3 Å². The van der Waals surface area contributed by atoms with E-state index in [1.54, 1.807) is 47.3 Å². The van der Waals surface area contributed by atoms with E-state index in [2.05, 4.69) is 15.7 Å². The lowest BCUT2D eigenvalue weighted by molar-refractivity contribution is 0.0915. The summed E-state index contributed by atoms with van der Waals surface area (Å²) in [5.74, 6) is -0.00608. The highest BCUT2D eigenvalue weighted by molar-refractivity contribution is 7.90. The highest BCUT2D eigenvalue weighted by atomic mass is 32.2. The first-order valence-corrected chi connectivity index (χ1v) is 14.3. The number of hydrogen-bond donors (Lipinski definition) is 2. The summed E-state index contributed by atoms with van der Waals surface area (Å²) in [7, 11) is -2.26. The van der Waals surface area contributed by atoms with Gasteiger partial charge in [0, 0.05) is 42.6 Å². The van der Waals surface area contributed by atoms with Crippen molar-refractivity contribution in [1.29, 1.82) is 0 Å². The van der Waals surface area contributed by atoms with Crippen LogP contribution in [0.4, 0.5) is 0 Å². The molecule has 3 heterocycles. The first kappa shape index (κ1) is 25.3. The van der Waals surface area contributed by atoms with Gasteiger partial charge in [-0.25, -0.2) is 12.4 Å². The largest absolute Gasteiger partial charge is 0.381 e. The quantitative estimate of drug-likeness (QED) is 0.367. The molecule has 1 saturated heterocycles. The monoisotopic (exact) mass is 547 g/mol. The molecule has 202 valence electrons. The summed E-state index contributed by atoms with van der Waals surface area (Å²) in [5, 5.41) is 10.8. The standard InChI is InChI=1S/C28H29N5O5S/c1-16-4-7-20(8-5-16)39(36,37)32-11-10-19-12-18(6-9-24(19)32)17(2)33-25(13-23(31-33)27(34)29-3)28(35)30-26-21-14-38-15-22(21)26/h4-13,17,21-22,26H,14-15H2,1-3H3,(H,29,34)(H,30,35)/t17?,21-,22+,26+. The van der Waals surface area contributed by atoms with Gasteiger partial charge in [0.15, 0.2) is 5.69 Å². The Balaban J connectivity index is 1.32. The molecule has 11 heteroatoms. The van der Waals surface area contributed by atoms with Crippen LogP contribution in [0.2, 0.25) is 0 Å². The summed E-state index contributed by atoms with van der Waals surface area (Å²) < 4.78 is 34.8. The Morgan fingerprint density at radius 3 is 2.44 bits per heavy atom. The summed E-state index contributed by atoms with van der Waals surface area (Å²) >= 11 is 0. The zero-order valence-electron chi connectivity index (χ0n) is 21.8. The lowest BCUT2D eigenvalue weighted by Crippen LogP contribution is -2.32. The SMILES string of the molecule is CNC(=O)c1cc(C(=O)N[C@H]2[C@@H]3COC[C@@H]32)n(C(C)c2ccc3c(ccn3S(=O)(=O)c3ccc(C)cc3)c2)n1. The predicted molar refractivity (Wildman–Crippen MR) is 144 cm³/mol. The third-order valence-corrected chi connectivity index (χ3v) is 9.49. The van der Waals surface area contributed by atoms with Crippen molar-refractivity contribution < 1.29 is 22.7 Å². The summed E-state index contributed by atoms with van der Waals surface area (Å²) in [6, 6.07) is 15.1. The average Bonchev–Trinajstić information content (AvgIpc) is 3.42. The number of ether oxygens (including phenoxy) is 1. The molecule has 0 spiro atoms. The fourth-order valence-corrected chi connectivity index (χ4v) is 6.70. The number of aromatic nitrogens is 3. The Bertz CT molecular complexity index is 1700. The first-order valence-electron chi connectivity index (χ1n) is 12.8. The van der Waals surface area contributed by atoms with Gasteiger partial charge in [-0.15, -0.1) is 0 Å². The van der Waals surface area contributed by atoms with Crippen LogP contribution < -0.4 is 10.6 Å². The van der Waals surface area contributed by atoms with Gasteiger partial charge in [-0.05, 0) is 49.7 Å². The van der Waals surface area contributed by atoms with E-state index in [4.69, 9.17) is 4.74 Å². The molecular weight excluding hydrogens is 518 g/mol. The van der Waals surface area contributed by atoms with Crippen LogP contribution in [-0.2, 0) is 14.8 Å². The van der Waals surface area contributed by atoms with Crippen LogP contribution in [0.25, 0.3) is 10.9 Å². The molecule has 4 aromatic rings. The zero-order chi connectivity index (χ0) is 27.5. The maximum atomic E-state index is 13.3. The first-order chi connectivity index (χ1) is 18.7. The smallest absolute Gasteiger partial charge is 0.271 e. The van der Waals surface area contributed by atoms with Crippen LogP contribution in [0, 0.1) is 18.8 Å². The molecule has 1 saturated carbocycles. The number of aryl methyl sites for hydroxylation is 1. The Morgan fingerprint density at radius 2 is 1.74 bits per heavy atom. The van der Waals surface area contributed by atoms with Gasteiger partial charge in [0.1, 0.15) is 5.69 Å². The number of rotatable bonds is 7. The Morgan fingerprint density at radius 1 is 1.03 bits per heavy atom. The topological polar surface area (TPSA) is 124 Å². The number of benzene rings is 2. The van der Waals surface area contributed by atoms with Gasteiger partial charge in [0.2, 0.25) is 0 Å². The van der Waals surface area contributed by atoms with Gasteiger partial charge < -0.3 is 15.4 Å². The minimum atomic E-state index is -3.77. The summed E-state index contributed by atoms with van der Waals surface area (Å²) in [4.78, 5) is 25.9. The van der Waals surface area contributed by atoms with Gasteiger partial charge >= 0.3 is 0 Å². The van der Waals surface area contributed by atoms with E-state index in [0.29, 0.717) is 30.6 Å². The minimum Gasteiger partial charge on any atom is -0.381 e. The second-order valence-corrected chi connectivity index (χ2v) is 12.0. The lowest BCUT2D eigenvalue weighted by atomic mass is 10.1. The molecule has 39 heavy (non-hydrogen) atoms. The van der Waals surface area contributed by atoms with Crippen LogP contribution in [0.1, 0.15) is 45.1 Å². The molecule has 6 rings (SSSR count). The number of carbonyl (C=O) groups excluding carboxylic acids is 2. The van der Waals surface area contributed by atoms with E-state index >= 15 is 0 Å². The maximum Gasteiger partial charge on any atom is 0.271 e. The van der Waals surface area contributed by atoms with Crippen molar-refractivity contribution in [2.24, 2.45) is 11.8 Å². The normalized spacial score (nSPS) is 20.9. The summed E-state index contributed by atoms with van der Waals surface area (Å²) in [6.45, 7) is 5.09. The number of nitrogens with zero attached hydrogens (tertiary/aromatic N) is 3. The van der Waals surface area contributed by atoms with Crippen molar-refractivity contribution in [1.82, 2.24) is 24.4 Å². The molecule has 0 bridgehead atoms. The Labute approximate surface area is 226 Å². The van der Waals surface area contributed by atoms with Gasteiger partial charge in [-0.1, -0.05) is 23.8 Å². The minimum absolute atomic E-state index is 0.0694. The molecule has 2 N–H and O–H groups in total. The number of hydrogen-bond acceptors (Lipinski definition) is 6.